The summed E-state index contributed by atoms with van der Waals surface area (Å²) in [6.45, 7) is 2.27. The molecule has 2 heterocycles. The summed E-state index contributed by atoms with van der Waals surface area (Å²) >= 11 is 3.42. The van der Waals surface area contributed by atoms with Crippen LogP contribution in [0.2, 0.25) is 0 Å². The summed E-state index contributed by atoms with van der Waals surface area (Å²) in [4.78, 5) is 16.9. The molecule has 1 aromatic heterocycles. The van der Waals surface area contributed by atoms with Crippen LogP contribution in [0.15, 0.2) is 51.9 Å². The zero-order chi connectivity index (χ0) is 16.8. The molecule has 2 aromatic rings. The lowest BCUT2D eigenvalue weighted by molar-refractivity contribution is -0.114. The molecule has 5 nitrogen and oxygen atoms in total. The third-order valence-electron chi connectivity index (χ3n) is 3.36. The maximum atomic E-state index is 11.0. The second kappa shape index (κ2) is 8.12. The highest BCUT2D eigenvalue weighted by Crippen LogP contribution is 2.16. The maximum absolute atomic E-state index is 11.0. The maximum Gasteiger partial charge on any atom is 0.221 e. The Morgan fingerprint density at radius 3 is 2.79 bits per heavy atom. The lowest BCUT2D eigenvalue weighted by Crippen LogP contribution is -2.25. The normalized spacial score (nSPS) is 15.7. The van der Waals surface area contributed by atoms with E-state index < -0.39 is 0 Å². The molecule has 1 amide bonds. The van der Waals surface area contributed by atoms with Crippen molar-refractivity contribution in [1.82, 2.24) is 5.43 Å². The predicted molar refractivity (Wildman–Crippen MR) is 103 cm³/mol. The molecule has 0 spiro atoms. The number of amides is 1. The number of nitrogens with zero attached hydrogens (tertiary/aromatic N) is 2. The van der Waals surface area contributed by atoms with Crippen LogP contribution < -0.4 is 10.7 Å². The first-order valence-corrected chi connectivity index (χ1v) is 9.47. The first kappa shape index (κ1) is 16.7. The SMILES string of the molecule is CC(=O)Nc1ccc(C2=NNC(=NCCc3cccs3)SC2)cc1. The van der Waals surface area contributed by atoms with Gasteiger partial charge < -0.3 is 5.32 Å². The van der Waals surface area contributed by atoms with Crippen LogP contribution in [0.25, 0.3) is 0 Å². The van der Waals surface area contributed by atoms with E-state index in [1.54, 1.807) is 23.1 Å². The Morgan fingerprint density at radius 2 is 2.17 bits per heavy atom. The van der Waals surface area contributed by atoms with E-state index in [9.17, 15) is 4.79 Å². The Morgan fingerprint density at radius 1 is 1.33 bits per heavy atom. The minimum absolute atomic E-state index is 0.0709. The number of carbonyl (C=O) groups excluding carboxylic acids is 1. The molecule has 0 saturated heterocycles. The summed E-state index contributed by atoms with van der Waals surface area (Å²) in [6, 6.07) is 11.9. The van der Waals surface area contributed by atoms with E-state index in [1.807, 2.05) is 24.3 Å². The number of nitrogens with one attached hydrogen (secondary N) is 2. The number of hydrogen-bond acceptors (Lipinski definition) is 5. The highest BCUT2D eigenvalue weighted by atomic mass is 32.2. The van der Waals surface area contributed by atoms with Crippen LogP contribution >= 0.6 is 23.1 Å². The molecule has 1 aliphatic rings. The highest BCUT2D eigenvalue weighted by molar-refractivity contribution is 8.14. The second-order valence-electron chi connectivity index (χ2n) is 5.23. The molecule has 3 rings (SSSR count). The zero-order valence-electron chi connectivity index (χ0n) is 13.3. The largest absolute Gasteiger partial charge is 0.326 e. The number of thioether (sulfide) groups is 1. The van der Waals surface area contributed by atoms with Crippen molar-refractivity contribution in [3.8, 4) is 0 Å². The van der Waals surface area contributed by atoms with Crippen LogP contribution in [0.4, 0.5) is 5.69 Å². The van der Waals surface area contributed by atoms with Crippen molar-refractivity contribution in [2.24, 2.45) is 10.1 Å². The van der Waals surface area contributed by atoms with Crippen molar-refractivity contribution >= 4 is 45.6 Å². The third kappa shape index (κ3) is 4.69. The second-order valence-corrected chi connectivity index (χ2v) is 7.23. The van der Waals surface area contributed by atoms with Gasteiger partial charge in [-0.25, -0.2) is 0 Å². The summed E-state index contributed by atoms with van der Waals surface area (Å²) < 4.78 is 0. The zero-order valence-corrected chi connectivity index (χ0v) is 14.9. The van der Waals surface area contributed by atoms with Gasteiger partial charge in [0.05, 0.1) is 5.71 Å². The van der Waals surface area contributed by atoms with Crippen molar-refractivity contribution in [3.63, 3.8) is 0 Å². The van der Waals surface area contributed by atoms with Gasteiger partial charge in [-0.1, -0.05) is 30.0 Å². The van der Waals surface area contributed by atoms with Crippen molar-refractivity contribution in [1.29, 1.82) is 0 Å². The smallest absolute Gasteiger partial charge is 0.221 e. The predicted octanol–water partition coefficient (Wildman–Crippen LogP) is 3.35. The molecule has 0 fully saturated rings. The number of aliphatic imine (C=N–C) groups is 1. The van der Waals surface area contributed by atoms with Crippen molar-refractivity contribution in [2.45, 2.75) is 13.3 Å². The lowest BCUT2D eigenvalue weighted by atomic mass is 10.1. The fourth-order valence-electron chi connectivity index (χ4n) is 2.22. The van der Waals surface area contributed by atoms with E-state index >= 15 is 0 Å². The lowest BCUT2D eigenvalue weighted by Gasteiger charge is -2.15. The number of amidine groups is 1. The minimum Gasteiger partial charge on any atom is -0.326 e. The summed E-state index contributed by atoms with van der Waals surface area (Å²) in [6.07, 6.45) is 0.963. The molecule has 1 aliphatic heterocycles. The van der Waals surface area contributed by atoms with E-state index in [4.69, 9.17) is 0 Å². The molecule has 0 bridgehead atoms. The summed E-state index contributed by atoms with van der Waals surface area (Å²) in [5, 5.41) is 10.1. The van der Waals surface area contributed by atoms with Gasteiger partial charge in [-0.05, 0) is 29.1 Å². The van der Waals surface area contributed by atoms with E-state index in [1.165, 1.54) is 11.8 Å². The van der Waals surface area contributed by atoms with Crippen LogP contribution in [0, 0.1) is 0 Å². The Hall–Kier alpha value is -2.12. The van der Waals surface area contributed by atoms with Crippen molar-refractivity contribution < 1.29 is 4.79 Å². The van der Waals surface area contributed by atoms with E-state index in [-0.39, 0.29) is 5.91 Å². The molecular weight excluding hydrogens is 340 g/mol. The molecule has 1 aromatic carbocycles. The molecule has 0 aliphatic carbocycles. The van der Waals surface area contributed by atoms with Gasteiger partial charge in [-0.2, -0.15) is 5.10 Å². The van der Waals surface area contributed by atoms with Gasteiger partial charge in [0, 0.05) is 36.2 Å². The van der Waals surface area contributed by atoms with Gasteiger partial charge in [0.15, 0.2) is 5.17 Å². The van der Waals surface area contributed by atoms with Crippen LogP contribution in [0.1, 0.15) is 17.4 Å². The molecule has 7 heteroatoms. The molecule has 2 N–H and O–H groups in total. The topological polar surface area (TPSA) is 65.8 Å². The van der Waals surface area contributed by atoms with Gasteiger partial charge in [-0.15, -0.1) is 11.3 Å². The minimum atomic E-state index is -0.0709. The van der Waals surface area contributed by atoms with Crippen LogP contribution in [-0.2, 0) is 11.2 Å². The first-order valence-electron chi connectivity index (χ1n) is 7.61. The average Bonchev–Trinajstić information content (AvgIpc) is 3.09. The molecule has 24 heavy (non-hydrogen) atoms. The fraction of sp³-hybridized carbons (Fsp3) is 0.235. The Bertz CT molecular complexity index is 751. The Kier molecular flexibility index (Phi) is 5.66. The van der Waals surface area contributed by atoms with Crippen LogP contribution in [-0.4, -0.2) is 29.1 Å². The van der Waals surface area contributed by atoms with Gasteiger partial charge in [0.25, 0.3) is 0 Å². The molecular formula is C17H18N4OS2. The molecule has 0 unspecified atom stereocenters. The summed E-state index contributed by atoms with van der Waals surface area (Å²) in [5.41, 5.74) is 5.84. The number of carbonyl (C=O) groups is 1. The number of rotatable bonds is 5. The van der Waals surface area contributed by atoms with Gasteiger partial charge in [0.1, 0.15) is 0 Å². The third-order valence-corrected chi connectivity index (χ3v) is 5.21. The standard InChI is InChI=1S/C17H18N4OS2/c1-12(22)19-14-6-4-13(5-7-14)16-11-24-17(21-20-16)18-9-8-15-3-2-10-23-15/h2-7,10H,8-9,11H2,1H3,(H,18,21)(H,19,22). The quantitative estimate of drug-likeness (QED) is 0.861. The van der Waals surface area contributed by atoms with Crippen LogP contribution in [0.3, 0.4) is 0 Å². The van der Waals surface area contributed by atoms with Gasteiger partial charge in [0.2, 0.25) is 5.91 Å². The Labute approximate surface area is 149 Å². The fourth-order valence-corrected chi connectivity index (χ4v) is 3.71. The van der Waals surface area contributed by atoms with Crippen molar-refractivity contribution in [2.75, 3.05) is 17.6 Å². The molecule has 124 valence electrons. The first-order chi connectivity index (χ1) is 11.7. The van der Waals surface area contributed by atoms with E-state index in [0.717, 1.165) is 40.8 Å². The highest BCUT2D eigenvalue weighted by Gasteiger charge is 2.12. The van der Waals surface area contributed by atoms with Gasteiger partial charge in [-0.3, -0.25) is 15.2 Å². The van der Waals surface area contributed by atoms with E-state index in [0.29, 0.717) is 0 Å². The molecule has 0 radical (unpaired) electrons. The van der Waals surface area contributed by atoms with Crippen LogP contribution in [0.5, 0.6) is 0 Å². The Balaban J connectivity index is 1.55. The van der Waals surface area contributed by atoms with Crippen molar-refractivity contribution in [3.05, 3.63) is 52.2 Å². The summed E-state index contributed by atoms with van der Waals surface area (Å²) in [5.74, 6) is 0.711. The summed E-state index contributed by atoms with van der Waals surface area (Å²) in [7, 11) is 0. The molecule has 0 atom stereocenters. The number of thiophene rings is 1. The van der Waals surface area contributed by atoms with Gasteiger partial charge >= 0.3 is 0 Å². The average molecular weight is 358 g/mol. The number of hydrazone groups is 1. The monoisotopic (exact) mass is 358 g/mol. The molecule has 0 saturated carbocycles. The van der Waals surface area contributed by atoms with E-state index in [2.05, 4.69) is 38.3 Å². The number of hydrogen-bond donors (Lipinski definition) is 2. The number of anilines is 1. The number of benzene rings is 1.